The van der Waals surface area contributed by atoms with Crippen LogP contribution in [-0.4, -0.2) is 67.4 Å². The number of hydrogen-bond acceptors (Lipinski definition) is 6. The number of benzene rings is 1. The van der Waals surface area contributed by atoms with Crippen molar-refractivity contribution < 1.29 is 19.1 Å². The van der Waals surface area contributed by atoms with Crippen molar-refractivity contribution in [2.45, 2.75) is 38.5 Å². The van der Waals surface area contributed by atoms with Crippen molar-refractivity contribution in [1.29, 1.82) is 0 Å². The van der Waals surface area contributed by atoms with E-state index in [4.69, 9.17) is 9.47 Å². The van der Waals surface area contributed by atoms with Crippen molar-refractivity contribution in [1.82, 2.24) is 14.8 Å². The predicted octanol–water partition coefficient (Wildman–Crippen LogP) is 5.24. The minimum atomic E-state index is -0.515. The van der Waals surface area contributed by atoms with Crippen LogP contribution in [0, 0.1) is 0 Å². The van der Waals surface area contributed by atoms with Crippen molar-refractivity contribution in [2.24, 2.45) is 0 Å². The first-order chi connectivity index (χ1) is 17.4. The van der Waals surface area contributed by atoms with Crippen LogP contribution in [0.5, 0.6) is 0 Å². The number of rotatable bonds is 10. The number of carbonyl (C=O) groups is 2. The molecule has 1 aromatic heterocycles. The molecule has 1 aliphatic heterocycles. The van der Waals surface area contributed by atoms with Gasteiger partial charge in [0.2, 0.25) is 5.91 Å². The number of aromatic nitrogens is 1. The molecule has 3 amide bonds. The summed E-state index contributed by atoms with van der Waals surface area (Å²) in [4.78, 5) is 34.8. The number of ether oxygens (including phenoxy) is 2. The molecule has 2 heterocycles. The summed E-state index contributed by atoms with van der Waals surface area (Å²) in [6.07, 6.45) is 6.41. The molecule has 1 aromatic carbocycles. The van der Waals surface area contributed by atoms with E-state index in [1.54, 1.807) is 40.9 Å². The third kappa shape index (κ3) is 8.51. The molecular weight excluding hydrogens is 476 g/mol. The van der Waals surface area contributed by atoms with E-state index in [-0.39, 0.29) is 18.5 Å². The summed E-state index contributed by atoms with van der Waals surface area (Å²) in [5, 5.41) is 2.78. The zero-order valence-corrected chi connectivity index (χ0v) is 22.7. The molecule has 0 radical (unpaired) electrons. The predicted molar refractivity (Wildman–Crippen MR) is 146 cm³/mol. The highest BCUT2D eigenvalue weighted by molar-refractivity contribution is 8.03. The molecule has 0 fully saturated rings. The molecule has 0 bridgehead atoms. The van der Waals surface area contributed by atoms with E-state index >= 15 is 0 Å². The molecule has 0 saturated heterocycles. The Labute approximate surface area is 218 Å². The topological polar surface area (TPSA) is 84.0 Å². The van der Waals surface area contributed by atoms with Gasteiger partial charge in [0.15, 0.2) is 6.29 Å². The summed E-state index contributed by atoms with van der Waals surface area (Å²) in [5.41, 5.74) is 1.63. The lowest BCUT2D eigenvalue weighted by atomic mass is 10.1. The molecule has 1 aliphatic rings. The fourth-order valence-corrected chi connectivity index (χ4v) is 4.28. The first-order valence-electron chi connectivity index (χ1n) is 11.8. The van der Waals surface area contributed by atoms with Crippen molar-refractivity contribution in [3.05, 3.63) is 70.8 Å². The number of allylic oxidation sites excluding steroid dienone is 1. The number of amides is 3. The quantitative estimate of drug-likeness (QED) is 0.266. The van der Waals surface area contributed by atoms with Crippen LogP contribution < -0.4 is 5.32 Å². The fraction of sp³-hybridized carbons (Fsp3) is 0.370. The number of likely N-dealkylation sites (N-methyl/N-ethyl adjacent to an activating group) is 1. The van der Waals surface area contributed by atoms with Gasteiger partial charge in [-0.2, -0.15) is 0 Å². The second kappa shape index (κ2) is 15.1. The number of pyridine rings is 1. The van der Waals surface area contributed by atoms with Gasteiger partial charge in [-0.05, 0) is 36.8 Å². The van der Waals surface area contributed by atoms with Crippen LogP contribution in [0.3, 0.4) is 0 Å². The maximum atomic E-state index is 12.7. The van der Waals surface area contributed by atoms with Gasteiger partial charge in [-0.15, -0.1) is 0 Å². The van der Waals surface area contributed by atoms with Crippen LogP contribution in [-0.2, 0) is 20.8 Å². The van der Waals surface area contributed by atoms with Crippen LogP contribution in [0.4, 0.5) is 10.6 Å². The van der Waals surface area contributed by atoms with Gasteiger partial charge < -0.3 is 19.3 Å². The standard InChI is InChI=1S/C25H30N4O4S.C2H6/c1-5-20(34-21-9-7-6-8-10-21)16-28(2)22(30)12-11-18-13-19-15-29(17-23(32-3)33-4)25(31)27-24(19)26-14-18;1-2/h5-14,23H,15-17H2,1-4H3,(H,26,27,31);1-2H3/b12-11+,20-5+;. The van der Waals surface area contributed by atoms with Crippen LogP contribution in [0.25, 0.3) is 6.08 Å². The Kier molecular flexibility index (Phi) is 12.2. The molecule has 194 valence electrons. The van der Waals surface area contributed by atoms with Gasteiger partial charge in [0.25, 0.3) is 0 Å². The van der Waals surface area contributed by atoms with Crippen LogP contribution >= 0.6 is 11.8 Å². The molecule has 3 rings (SSSR count). The first kappa shape index (κ1) is 29.1. The number of nitrogens with one attached hydrogen (secondary N) is 1. The molecule has 2 aromatic rings. The van der Waals surface area contributed by atoms with E-state index in [0.717, 1.165) is 20.9 Å². The zero-order valence-electron chi connectivity index (χ0n) is 21.9. The molecule has 0 saturated carbocycles. The third-order valence-electron chi connectivity index (χ3n) is 5.26. The largest absolute Gasteiger partial charge is 0.354 e. The fourth-order valence-electron chi connectivity index (χ4n) is 3.31. The highest BCUT2D eigenvalue weighted by Gasteiger charge is 2.26. The highest BCUT2D eigenvalue weighted by Crippen LogP contribution is 2.27. The maximum Gasteiger partial charge on any atom is 0.323 e. The molecular formula is C27H36N4O4S. The lowest BCUT2D eigenvalue weighted by Crippen LogP contribution is -2.44. The molecule has 0 unspecified atom stereocenters. The Bertz CT molecular complexity index is 1050. The monoisotopic (exact) mass is 512 g/mol. The van der Waals surface area contributed by atoms with E-state index in [2.05, 4.69) is 10.3 Å². The number of nitrogens with zero attached hydrogens (tertiary/aromatic N) is 3. The summed E-state index contributed by atoms with van der Waals surface area (Å²) in [6.45, 7) is 7.15. The van der Waals surface area contributed by atoms with Gasteiger partial charge in [0, 0.05) is 48.9 Å². The van der Waals surface area contributed by atoms with E-state index in [1.165, 1.54) is 20.3 Å². The summed E-state index contributed by atoms with van der Waals surface area (Å²) in [6, 6.07) is 11.7. The number of fused-ring (bicyclic) bond motifs is 1. The number of anilines is 1. The number of carbonyl (C=O) groups excluding carboxylic acids is 2. The summed E-state index contributed by atoms with van der Waals surface area (Å²) >= 11 is 1.65. The lowest BCUT2D eigenvalue weighted by Gasteiger charge is -2.30. The van der Waals surface area contributed by atoms with Gasteiger partial charge >= 0.3 is 6.03 Å². The van der Waals surface area contributed by atoms with Gasteiger partial charge in [-0.1, -0.05) is 49.9 Å². The van der Waals surface area contributed by atoms with Crippen molar-refractivity contribution in [2.75, 3.05) is 39.7 Å². The molecule has 9 heteroatoms. The Morgan fingerprint density at radius 1 is 1.25 bits per heavy atom. The van der Waals surface area contributed by atoms with E-state index in [1.807, 2.05) is 63.2 Å². The van der Waals surface area contributed by atoms with E-state index < -0.39 is 6.29 Å². The zero-order chi connectivity index (χ0) is 26.5. The van der Waals surface area contributed by atoms with Gasteiger partial charge in [-0.3, -0.25) is 10.1 Å². The Morgan fingerprint density at radius 3 is 2.58 bits per heavy atom. The molecule has 0 spiro atoms. The normalized spacial score (nSPS) is 13.2. The summed E-state index contributed by atoms with van der Waals surface area (Å²) in [7, 11) is 4.84. The van der Waals surface area contributed by atoms with Gasteiger partial charge in [0.05, 0.1) is 19.6 Å². The van der Waals surface area contributed by atoms with Crippen molar-refractivity contribution in [3.8, 4) is 0 Å². The van der Waals surface area contributed by atoms with Crippen molar-refractivity contribution in [3.63, 3.8) is 0 Å². The first-order valence-corrected chi connectivity index (χ1v) is 12.7. The molecule has 8 nitrogen and oxygen atoms in total. The lowest BCUT2D eigenvalue weighted by molar-refractivity contribution is -0.124. The molecule has 1 N–H and O–H groups in total. The molecule has 0 aliphatic carbocycles. The van der Waals surface area contributed by atoms with Crippen molar-refractivity contribution >= 4 is 35.6 Å². The Morgan fingerprint density at radius 2 is 1.94 bits per heavy atom. The Hall–Kier alpha value is -3.14. The van der Waals surface area contributed by atoms with E-state index in [0.29, 0.717) is 18.9 Å². The number of thioether (sulfide) groups is 1. The minimum Gasteiger partial charge on any atom is -0.354 e. The average Bonchev–Trinajstić information content (AvgIpc) is 2.91. The SMILES string of the molecule is C/C=C(\CN(C)C(=O)/C=C/c1cnc2c(c1)CN(CC(OC)OC)C(=O)N2)Sc1ccccc1.CC. The minimum absolute atomic E-state index is 0.108. The summed E-state index contributed by atoms with van der Waals surface area (Å²) < 4.78 is 10.4. The van der Waals surface area contributed by atoms with E-state index in [9.17, 15) is 9.59 Å². The molecule has 0 atom stereocenters. The van der Waals surface area contributed by atoms with Crippen LogP contribution in [0.2, 0.25) is 0 Å². The summed E-state index contributed by atoms with van der Waals surface area (Å²) in [5.74, 6) is 0.410. The van der Waals surface area contributed by atoms with Crippen LogP contribution in [0.1, 0.15) is 31.9 Å². The van der Waals surface area contributed by atoms with Gasteiger partial charge in [-0.25, -0.2) is 9.78 Å². The second-order valence-corrected chi connectivity index (χ2v) is 8.89. The number of urea groups is 1. The number of hydrogen-bond donors (Lipinski definition) is 1. The third-order valence-corrected chi connectivity index (χ3v) is 6.39. The number of methoxy groups -OCH3 is 2. The maximum absolute atomic E-state index is 12.7. The molecule has 36 heavy (non-hydrogen) atoms. The highest BCUT2D eigenvalue weighted by atomic mass is 32.2. The smallest absolute Gasteiger partial charge is 0.323 e. The van der Waals surface area contributed by atoms with Crippen LogP contribution in [0.15, 0.2) is 64.5 Å². The second-order valence-electron chi connectivity index (χ2n) is 7.69. The van der Waals surface area contributed by atoms with Gasteiger partial charge in [0.1, 0.15) is 5.82 Å². The average molecular weight is 513 g/mol. The Balaban J connectivity index is 0.00000222.